The van der Waals surface area contributed by atoms with Crippen LogP contribution in [-0.4, -0.2) is 24.5 Å². The number of methoxy groups -OCH3 is 1. The molecule has 1 amide bonds. The molecule has 0 aliphatic heterocycles. The van der Waals surface area contributed by atoms with Crippen molar-refractivity contribution in [3.63, 3.8) is 0 Å². The van der Waals surface area contributed by atoms with Crippen molar-refractivity contribution < 1.29 is 14.3 Å². The van der Waals surface area contributed by atoms with Crippen molar-refractivity contribution in [1.82, 2.24) is 10.3 Å². The number of nitrogens with zero attached hydrogens (tertiary/aromatic N) is 1. The number of ether oxygens (including phenoxy) is 2. The Morgan fingerprint density at radius 1 is 1.14 bits per heavy atom. The number of hydrogen-bond donors (Lipinski definition) is 1. The van der Waals surface area contributed by atoms with Gasteiger partial charge in [0.1, 0.15) is 18.1 Å². The number of hydrogen-bond acceptors (Lipinski definition) is 5. The predicted octanol–water partition coefficient (Wildman–Crippen LogP) is 4.40. The van der Waals surface area contributed by atoms with Crippen LogP contribution in [0.1, 0.15) is 33.0 Å². The van der Waals surface area contributed by atoms with E-state index in [4.69, 9.17) is 9.47 Å². The van der Waals surface area contributed by atoms with Crippen molar-refractivity contribution in [2.24, 2.45) is 0 Å². The zero-order valence-electron chi connectivity index (χ0n) is 16.1. The fourth-order valence-electron chi connectivity index (χ4n) is 2.75. The third kappa shape index (κ3) is 5.82. The molecule has 1 aromatic heterocycles. The van der Waals surface area contributed by atoms with Gasteiger partial charge in [0.15, 0.2) is 0 Å². The molecular formula is C22H24N2O3S. The summed E-state index contributed by atoms with van der Waals surface area (Å²) in [6, 6.07) is 15.2. The summed E-state index contributed by atoms with van der Waals surface area (Å²) in [6.45, 7) is 2.99. The zero-order chi connectivity index (χ0) is 19.8. The SMILES string of the molecule is COc1ccc(CCCNC(=O)c2cccc(OCc3csc(C)n3)c2)cc1. The minimum absolute atomic E-state index is 0.0929. The predicted molar refractivity (Wildman–Crippen MR) is 111 cm³/mol. The number of amides is 1. The van der Waals surface area contributed by atoms with Crippen molar-refractivity contribution in [2.75, 3.05) is 13.7 Å². The van der Waals surface area contributed by atoms with Crippen LogP contribution in [0.4, 0.5) is 0 Å². The first kappa shape index (κ1) is 19.9. The Kier molecular flexibility index (Phi) is 7.03. The fourth-order valence-corrected chi connectivity index (χ4v) is 3.34. The molecule has 0 saturated carbocycles. The van der Waals surface area contributed by atoms with E-state index in [1.165, 1.54) is 5.56 Å². The Labute approximate surface area is 169 Å². The molecule has 2 aromatic carbocycles. The van der Waals surface area contributed by atoms with Gasteiger partial charge in [0.05, 0.1) is 17.8 Å². The maximum atomic E-state index is 12.4. The molecule has 0 radical (unpaired) electrons. The van der Waals surface area contributed by atoms with Crippen LogP contribution >= 0.6 is 11.3 Å². The first-order chi connectivity index (χ1) is 13.6. The molecule has 0 spiro atoms. The summed E-state index contributed by atoms with van der Waals surface area (Å²) in [7, 11) is 1.66. The number of carbonyl (C=O) groups is 1. The van der Waals surface area contributed by atoms with Gasteiger partial charge in [-0.3, -0.25) is 4.79 Å². The van der Waals surface area contributed by atoms with Crippen LogP contribution in [0, 0.1) is 6.92 Å². The molecule has 3 aromatic rings. The molecule has 1 N–H and O–H groups in total. The standard InChI is InChI=1S/C22H24N2O3S/c1-16-24-19(15-28-16)14-27-21-7-3-6-18(13-21)22(25)23-12-4-5-17-8-10-20(26-2)11-9-17/h3,6-11,13,15H,4-5,12,14H2,1-2H3,(H,23,25). The molecule has 28 heavy (non-hydrogen) atoms. The Bertz CT molecular complexity index is 906. The quantitative estimate of drug-likeness (QED) is 0.545. The molecule has 0 aliphatic rings. The molecule has 146 valence electrons. The lowest BCUT2D eigenvalue weighted by Gasteiger charge is -2.08. The highest BCUT2D eigenvalue weighted by molar-refractivity contribution is 7.09. The number of rotatable bonds is 9. The Hall–Kier alpha value is -2.86. The number of nitrogens with one attached hydrogen (secondary N) is 1. The van der Waals surface area contributed by atoms with E-state index < -0.39 is 0 Å². The van der Waals surface area contributed by atoms with E-state index >= 15 is 0 Å². The first-order valence-corrected chi connectivity index (χ1v) is 10.1. The summed E-state index contributed by atoms with van der Waals surface area (Å²) in [5.74, 6) is 1.42. The fraction of sp³-hybridized carbons (Fsp3) is 0.273. The van der Waals surface area contributed by atoms with E-state index in [0.717, 1.165) is 29.3 Å². The largest absolute Gasteiger partial charge is 0.497 e. The number of thiazole rings is 1. The van der Waals surface area contributed by atoms with Gasteiger partial charge in [-0.25, -0.2) is 4.98 Å². The van der Waals surface area contributed by atoms with Crippen LogP contribution < -0.4 is 14.8 Å². The number of carbonyl (C=O) groups excluding carboxylic acids is 1. The Morgan fingerprint density at radius 3 is 2.68 bits per heavy atom. The summed E-state index contributed by atoms with van der Waals surface area (Å²) in [5.41, 5.74) is 2.72. The molecule has 0 bridgehead atoms. The highest BCUT2D eigenvalue weighted by atomic mass is 32.1. The summed E-state index contributed by atoms with van der Waals surface area (Å²) < 4.78 is 10.9. The van der Waals surface area contributed by atoms with E-state index in [2.05, 4.69) is 10.3 Å². The maximum absolute atomic E-state index is 12.4. The van der Waals surface area contributed by atoms with Crippen LogP contribution in [0.3, 0.4) is 0 Å². The van der Waals surface area contributed by atoms with Crippen molar-refractivity contribution in [3.05, 3.63) is 75.7 Å². The molecule has 3 rings (SSSR count). The Balaban J connectivity index is 1.44. The van der Waals surface area contributed by atoms with E-state index in [1.54, 1.807) is 30.6 Å². The number of benzene rings is 2. The summed E-state index contributed by atoms with van der Waals surface area (Å²) in [5, 5.41) is 5.96. The second kappa shape index (κ2) is 9.90. The van der Waals surface area contributed by atoms with Gasteiger partial charge in [-0.15, -0.1) is 11.3 Å². The Morgan fingerprint density at radius 2 is 1.96 bits per heavy atom. The van der Waals surface area contributed by atoms with Gasteiger partial charge in [0.25, 0.3) is 5.91 Å². The average Bonchev–Trinajstić information content (AvgIpc) is 3.15. The maximum Gasteiger partial charge on any atom is 0.251 e. The van der Waals surface area contributed by atoms with Gasteiger partial charge in [-0.1, -0.05) is 18.2 Å². The molecule has 1 heterocycles. The lowest BCUT2D eigenvalue weighted by atomic mass is 10.1. The van der Waals surface area contributed by atoms with Gasteiger partial charge in [-0.2, -0.15) is 0 Å². The molecule has 6 heteroatoms. The smallest absolute Gasteiger partial charge is 0.251 e. The van der Waals surface area contributed by atoms with Crippen LogP contribution in [0.5, 0.6) is 11.5 Å². The first-order valence-electron chi connectivity index (χ1n) is 9.19. The molecule has 5 nitrogen and oxygen atoms in total. The molecule has 0 atom stereocenters. The second-order valence-corrected chi connectivity index (χ2v) is 7.44. The minimum Gasteiger partial charge on any atom is -0.497 e. The number of aromatic nitrogens is 1. The van der Waals surface area contributed by atoms with E-state index in [1.807, 2.05) is 48.7 Å². The van der Waals surface area contributed by atoms with Crippen LogP contribution in [0.15, 0.2) is 53.9 Å². The normalized spacial score (nSPS) is 10.5. The van der Waals surface area contributed by atoms with E-state index in [9.17, 15) is 4.79 Å². The van der Waals surface area contributed by atoms with Gasteiger partial charge < -0.3 is 14.8 Å². The third-order valence-corrected chi connectivity index (χ3v) is 5.06. The van der Waals surface area contributed by atoms with Crippen LogP contribution in [0.25, 0.3) is 0 Å². The molecular weight excluding hydrogens is 372 g/mol. The summed E-state index contributed by atoms with van der Waals surface area (Å²) in [6.07, 6.45) is 1.78. The van der Waals surface area contributed by atoms with Gasteiger partial charge in [0, 0.05) is 17.5 Å². The van der Waals surface area contributed by atoms with Crippen LogP contribution in [0.2, 0.25) is 0 Å². The van der Waals surface area contributed by atoms with Gasteiger partial charge in [0.2, 0.25) is 0 Å². The van der Waals surface area contributed by atoms with Crippen molar-refractivity contribution in [2.45, 2.75) is 26.4 Å². The van der Waals surface area contributed by atoms with Gasteiger partial charge in [-0.05, 0) is 55.7 Å². The lowest BCUT2D eigenvalue weighted by Crippen LogP contribution is -2.24. The molecule has 0 fully saturated rings. The summed E-state index contributed by atoms with van der Waals surface area (Å²) >= 11 is 1.60. The highest BCUT2D eigenvalue weighted by Gasteiger charge is 2.07. The van der Waals surface area contributed by atoms with Crippen molar-refractivity contribution >= 4 is 17.2 Å². The highest BCUT2D eigenvalue weighted by Crippen LogP contribution is 2.16. The third-order valence-electron chi connectivity index (χ3n) is 4.24. The minimum atomic E-state index is -0.0929. The molecule has 0 saturated heterocycles. The summed E-state index contributed by atoms with van der Waals surface area (Å²) in [4.78, 5) is 16.8. The molecule has 0 unspecified atom stereocenters. The van der Waals surface area contributed by atoms with Crippen molar-refractivity contribution in [1.29, 1.82) is 0 Å². The number of aryl methyl sites for hydroxylation is 2. The lowest BCUT2D eigenvalue weighted by molar-refractivity contribution is 0.0952. The second-order valence-electron chi connectivity index (χ2n) is 6.38. The zero-order valence-corrected chi connectivity index (χ0v) is 16.9. The average molecular weight is 397 g/mol. The van der Waals surface area contributed by atoms with Crippen molar-refractivity contribution in [3.8, 4) is 11.5 Å². The van der Waals surface area contributed by atoms with E-state index in [-0.39, 0.29) is 5.91 Å². The monoisotopic (exact) mass is 396 g/mol. The van der Waals surface area contributed by atoms with E-state index in [0.29, 0.717) is 24.5 Å². The molecule has 0 aliphatic carbocycles. The van der Waals surface area contributed by atoms with Crippen LogP contribution in [-0.2, 0) is 13.0 Å². The van der Waals surface area contributed by atoms with Gasteiger partial charge >= 0.3 is 0 Å². The topological polar surface area (TPSA) is 60.5 Å².